The molecule has 0 saturated carbocycles. The van der Waals surface area contributed by atoms with Gasteiger partial charge in [0.15, 0.2) is 10.7 Å². The second kappa shape index (κ2) is 12.2. The molecule has 0 amide bonds. The molecule has 0 radical (unpaired) electrons. The molecule has 10 heteroatoms. The summed E-state index contributed by atoms with van der Waals surface area (Å²) in [5.74, 6) is -0.891. The van der Waals surface area contributed by atoms with Crippen molar-refractivity contribution >= 4 is 62.8 Å². The molecule has 1 aromatic heterocycles. The minimum Gasteiger partial charge on any atom is -0.465 e. The Labute approximate surface area is 236 Å². The van der Waals surface area contributed by atoms with Crippen molar-refractivity contribution in [1.29, 1.82) is 0 Å². The zero-order valence-corrected chi connectivity index (χ0v) is 25.3. The standard InChI is InChI=1S/C28H32BrFN2O4SSi/c1-28(2,3)38(20-11-7-5-8-12-20,21-13-9-6-10-14-21)36-18-22(31-17-19-15-16-35-19)32-26-23(29)24(30)25(37-26)27(33)34-4/h5-14,19H,15-18H2,1-4H3,(H,31,32)/t19-/m0/s1. The van der Waals surface area contributed by atoms with Crippen molar-refractivity contribution in [3.8, 4) is 0 Å². The predicted molar refractivity (Wildman–Crippen MR) is 156 cm³/mol. The van der Waals surface area contributed by atoms with Gasteiger partial charge in [0.25, 0.3) is 8.32 Å². The first-order chi connectivity index (χ1) is 18.2. The van der Waals surface area contributed by atoms with Crippen molar-refractivity contribution in [2.45, 2.75) is 38.3 Å². The molecule has 2 heterocycles. The Bertz CT molecular complexity index is 1240. The Morgan fingerprint density at radius 3 is 2.21 bits per heavy atom. The number of rotatable bonds is 9. The first-order valence-electron chi connectivity index (χ1n) is 12.4. The zero-order chi connectivity index (χ0) is 27.3. The second-order valence-electron chi connectivity index (χ2n) is 10.0. The van der Waals surface area contributed by atoms with Crippen LogP contribution in [0, 0.1) is 5.82 Å². The van der Waals surface area contributed by atoms with Crippen LogP contribution in [0.15, 0.2) is 70.1 Å². The van der Waals surface area contributed by atoms with Gasteiger partial charge in [-0.3, -0.25) is 0 Å². The Balaban J connectivity index is 1.75. The van der Waals surface area contributed by atoms with Crippen molar-refractivity contribution in [3.63, 3.8) is 0 Å². The van der Waals surface area contributed by atoms with Crippen LogP contribution in [-0.2, 0) is 13.9 Å². The maximum absolute atomic E-state index is 14.8. The van der Waals surface area contributed by atoms with Crippen LogP contribution in [-0.4, -0.2) is 53.1 Å². The topological polar surface area (TPSA) is 69.2 Å². The molecule has 202 valence electrons. The number of hydrogen-bond donors (Lipinski definition) is 1. The van der Waals surface area contributed by atoms with E-state index in [0.717, 1.165) is 34.7 Å². The van der Waals surface area contributed by atoms with Gasteiger partial charge in [0, 0.05) is 13.2 Å². The zero-order valence-electron chi connectivity index (χ0n) is 21.9. The summed E-state index contributed by atoms with van der Waals surface area (Å²) in [6, 6.07) is 20.7. The van der Waals surface area contributed by atoms with Crippen molar-refractivity contribution in [3.05, 3.63) is 75.8 Å². The largest absolute Gasteiger partial charge is 0.465 e. The van der Waals surface area contributed by atoms with Gasteiger partial charge >= 0.3 is 5.97 Å². The molecule has 3 aromatic rings. The van der Waals surface area contributed by atoms with Crippen molar-refractivity contribution in [1.82, 2.24) is 5.32 Å². The number of hydrogen-bond acceptors (Lipinski definition) is 6. The third kappa shape index (κ3) is 5.94. The summed E-state index contributed by atoms with van der Waals surface area (Å²) in [7, 11) is -1.61. The van der Waals surface area contributed by atoms with Crippen LogP contribution in [0.5, 0.6) is 0 Å². The summed E-state index contributed by atoms with van der Waals surface area (Å²) >= 11 is 4.20. The fourth-order valence-electron chi connectivity index (χ4n) is 4.54. The average Bonchev–Trinajstić information content (AvgIpc) is 3.16. The Kier molecular flexibility index (Phi) is 9.20. The van der Waals surface area contributed by atoms with Gasteiger partial charge in [-0.2, -0.15) is 0 Å². The van der Waals surface area contributed by atoms with Crippen LogP contribution in [0.1, 0.15) is 36.9 Å². The molecule has 0 bridgehead atoms. The summed E-state index contributed by atoms with van der Waals surface area (Å²) in [6.07, 6.45) is 1.04. The van der Waals surface area contributed by atoms with E-state index in [9.17, 15) is 9.18 Å². The summed E-state index contributed by atoms with van der Waals surface area (Å²) in [5.41, 5.74) is 0. The molecule has 38 heavy (non-hydrogen) atoms. The van der Waals surface area contributed by atoms with Gasteiger partial charge in [-0.05, 0) is 37.8 Å². The van der Waals surface area contributed by atoms with E-state index in [1.807, 2.05) is 36.4 Å². The smallest absolute Gasteiger partial charge is 0.351 e. The quantitative estimate of drug-likeness (QED) is 0.150. The lowest BCUT2D eigenvalue weighted by Crippen LogP contribution is -2.67. The number of nitrogens with one attached hydrogen (secondary N) is 1. The number of carbonyl (C=O) groups excluding carboxylic acids is 1. The summed E-state index contributed by atoms with van der Waals surface area (Å²) < 4.78 is 32.3. The number of nitrogens with zero attached hydrogens (tertiary/aromatic N) is 1. The minimum absolute atomic E-state index is 0.0854. The molecule has 2 aromatic carbocycles. The predicted octanol–water partition coefficient (Wildman–Crippen LogP) is 5.42. The number of ether oxygens (including phenoxy) is 2. The molecule has 1 aliphatic rings. The normalized spacial score (nSPS) is 16.2. The molecular formula is C28H32BrFN2O4SSi. The first-order valence-corrected chi connectivity index (χ1v) is 15.9. The molecule has 4 rings (SSSR count). The van der Waals surface area contributed by atoms with Gasteiger partial charge in [-0.25, -0.2) is 14.2 Å². The monoisotopic (exact) mass is 618 g/mol. The molecule has 1 fully saturated rings. The highest BCUT2D eigenvalue weighted by molar-refractivity contribution is 9.10. The van der Waals surface area contributed by atoms with Gasteiger partial charge in [0.05, 0.1) is 24.3 Å². The van der Waals surface area contributed by atoms with E-state index in [1.54, 1.807) is 0 Å². The molecule has 1 atom stereocenters. The van der Waals surface area contributed by atoms with E-state index in [0.29, 0.717) is 17.4 Å². The highest BCUT2D eigenvalue weighted by atomic mass is 79.9. The van der Waals surface area contributed by atoms with Crippen LogP contribution >= 0.6 is 27.3 Å². The van der Waals surface area contributed by atoms with Crippen LogP contribution in [0.25, 0.3) is 0 Å². The van der Waals surface area contributed by atoms with Crippen LogP contribution < -0.4 is 15.7 Å². The average molecular weight is 620 g/mol. The summed E-state index contributed by atoms with van der Waals surface area (Å²) in [5, 5.41) is 5.77. The molecule has 0 spiro atoms. The van der Waals surface area contributed by atoms with Gasteiger partial charge in [-0.15, -0.1) is 11.3 Å². The molecule has 1 N–H and O–H groups in total. The molecule has 1 aliphatic heterocycles. The second-order valence-corrected chi connectivity index (χ2v) is 16.1. The third-order valence-electron chi connectivity index (χ3n) is 6.56. The Morgan fingerprint density at radius 1 is 1.16 bits per heavy atom. The van der Waals surface area contributed by atoms with Crippen LogP contribution in [0.3, 0.4) is 0 Å². The van der Waals surface area contributed by atoms with E-state index >= 15 is 0 Å². The first kappa shape index (κ1) is 28.6. The number of aliphatic imine (C=N–C) groups is 1. The fraction of sp³-hybridized carbons (Fsp3) is 0.357. The summed E-state index contributed by atoms with van der Waals surface area (Å²) in [6.45, 7) is 8.08. The lowest BCUT2D eigenvalue weighted by molar-refractivity contribution is -0.0461. The van der Waals surface area contributed by atoms with Crippen molar-refractivity contribution in [2.75, 3.05) is 26.9 Å². The Morgan fingerprint density at radius 2 is 1.74 bits per heavy atom. The van der Waals surface area contributed by atoms with E-state index in [2.05, 4.69) is 66.3 Å². The molecule has 0 aliphatic carbocycles. The van der Waals surface area contributed by atoms with Crippen LogP contribution in [0.4, 0.5) is 9.39 Å². The number of esters is 1. The number of amidine groups is 1. The van der Waals surface area contributed by atoms with Gasteiger partial charge in [0.1, 0.15) is 10.8 Å². The Hall–Kier alpha value is -2.37. The van der Waals surface area contributed by atoms with Crippen molar-refractivity contribution < 1.29 is 23.1 Å². The number of halogens is 2. The molecule has 6 nitrogen and oxygen atoms in total. The van der Waals surface area contributed by atoms with Gasteiger partial charge in [-0.1, -0.05) is 81.4 Å². The minimum atomic E-state index is -2.83. The highest BCUT2D eigenvalue weighted by Crippen LogP contribution is 2.40. The number of carbonyl (C=O) groups is 1. The lowest BCUT2D eigenvalue weighted by Gasteiger charge is -2.43. The SMILES string of the molecule is COC(=O)c1sc(/N=C(/CO[Si](c2ccccc2)(c2ccccc2)C(C)(C)C)NC[C@@H]2CCO2)c(Br)c1F. The van der Waals surface area contributed by atoms with E-state index < -0.39 is 20.1 Å². The number of thiophene rings is 1. The van der Waals surface area contributed by atoms with Gasteiger partial charge < -0.3 is 19.2 Å². The molecule has 0 unspecified atom stereocenters. The van der Waals surface area contributed by atoms with E-state index in [4.69, 9.17) is 18.9 Å². The third-order valence-corrected chi connectivity index (χ3v) is 13.6. The van der Waals surface area contributed by atoms with E-state index in [-0.39, 0.29) is 27.1 Å². The maximum Gasteiger partial charge on any atom is 0.351 e. The fourth-order valence-corrected chi connectivity index (χ4v) is 10.6. The van der Waals surface area contributed by atoms with E-state index in [1.165, 1.54) is 7.11 Å². The maximum atomic E-state index is 14.8. The van der Waals surface area contributed by atoms with Crippen LogP contribution in [0.2, 0.25) is 5.04 Å². The van der Waals surface area contributed by atoms with Gasteiger partial charge in [0.2, 0.25) is 0 Å². The molecular weight excluding hydrogens is 587 g/mol. The number of benzene rings is 2. The molecule has 1 saturated heterocycles. The highest BCUT2D eigenvalue weighted by Gasteiger charge is 2.50. The van der Waals surface area contributed by atoms with Crippen molar-refractivity contribution in [2.24, 2.45) is 4.99 Å². The number of methoxy groups -OCH3 is 1. The lowest BCUT2D eigenvalue weighted by atomic mass is 10.2. The summed E-state index contributed by atoms with van der Waals surface area (Å²) in [4.78, 5) is 16.7.